The summed E-state index contributed by atoms with van der Waals surface area (Å²) >= 11 is 2.20. The van der Waals surface area contributed by atoms with E-state index in [1.807, 2.05) is 0 Å². The summed E-state index contributed by atoms with van der Waals surface area (Å²) in [6.45, 7) is 10.5. The zero-order valence-corrected chi connectivity index (χ0v) is 17.7. The fraction of sp³-hybridized carbons (Fsp3) is 0.733. The number of hydrogen-bond donors (Lipinski definition) is 2. The molecule has 0 amide bonds. The molecule has 136 valence electrons. The lowest BCUT2D eigenvalue weighted by Crippen LogP contribution is -2.48. The van der Waals surface area contributed by atoms with Crippen molar-refractivity contribution in [3.05, 3.63) is 33.1 Å². The fourth-order valence-electron chi connectivity index (χ4n) is 2.35. The Hall–Kier alpha value is -0.493. The van der Waals surface area contributed by atoms with Crippen molar-refractivity contribution in [2.45, 2.75) is 61.3 Å². The van der Waals surface area contributed by atoms with Gasteiger partial charge in [0.15, 0.2) is 14.5 Å². The molecule has 1 aromatic rings. The van der Waals surface area contributed by atoms with E-state index in [0.29, 0.717) is 0 Å². The van der Waals surface area contributed by atoms with Crippen LogP contribution in [0.2, 0.25) is 18.1 Å². The van der Waals surface area contributed by atoms with Gasteiger partial charge in [-0.05, 0) is 18.1 Å². The van der Waals surface area contributed by atoms with Crippen LogP contribution in [-0.4, -0.2) is 45.7 Å². The third-order valence-corrected chi connectivity index (χ3v) is 10.6. The molecule has 1 aromatic heterocycles. The number of aromatic nitrogens is 2. The summed E-state index contributed by atoms with van der Waals surface area (Å²) in [6.07, 6.45) is -0.00674. The number of alkyl halides is 1. The number of nitrogens with zero attached hydrogens (tertiary/aromatic N) is 1. The molecular formula is C15H25IN2O5Si. The summed E-state index contributed by atoms with van der Waals surface area (Å²) in [4.78, 5) is 25.5. The Kier molecular flexibility index (Phi) is 5.80. The van der Waals surface area contributed by atoms with Gasteiger partial charge < -0.3 is 14.3 Å². The molecule has 2 rings (SSSR count). The van der Waals surface area contributed by atoms with Crippen LogP contribution in [0.15, 0.2) is 21.9 Å². The van der Waals surface area contributed by atoms with Gasteiger partial charge in [-0.1, -0.05) is 43.4 Å². The molecule has 4 atom stereocenters. The van der Waals surface area contributed by atoms with E-state index in [1.54, 1.807) is 0 Å². The molecule has 1 fully saturated rings. The molecule has 0 bridgehead atoms. The van der Waals surface area contributed by atoms with Crippen LogP contribution in [0.25, 0.3) is 0 Å². The van der Waals surface area contributed by atoms with Gasteiger partial charge in [0.2, 0.25) is 0 Å². The lowest BCUT2D eigenvalue weighted by molar-refractivity contribution is -0.0434. The first-order valence-electron chi connectivity index (χ1n) is 7.87. The summed E-state index contributed by atoms with van der Waals surface area (Å²) in [5, 5.41) is 9.72. The largest absolute Gasteiger partial charge is 0.410 e. The lowest BCUT2D eigenvalue weighted by atomic mass is 10.2. The molecule has 2 heterocycles. The maximum Gasteiger partial charge on any atom is 0.330 e. The molecule has 4 unspecified atom stereocenters. The van der Waals surface area contributed by atoms with Crippen molar-refractivity contribution in [1.29, 1.82) is 0 Å². The summed E-state index contributed by atoms with van der Waals surface area (Å²) in [6, 6.07) is 1.28. The summed E-state index contributed by atoms with van der Waals surface area (Å²) in [5.74, 6) is 0. The third kappa shape index (κ3) is 3.84. The second kappa shape index (κ2) is 7.02. The van der Waals surface area contributed by atoms with Crippen LogP contribution in [0.3, 0.4) is 0 Å². The molecule has 0 aliphatic carbocycles. The van der Waals surface area contributed by atoms with E-state index in [4.69, 9.17) is 9.16 Å². The number of ether oxygens (including phenoxy) is 1. The van der Waals surface area contributed by atoms with Crippen LogP contribution >= 0.6 is 22.6 Å². The highest BCUT2D eigenvalue weighted by atomic mass is 127. The topological polar surface area (TPSA) is 93.5 Å². The van der Waals surface area contributed by atoms with Crippen molar-refractivity contribution in [1.82, 2.24) is 9.55 Å². The Morgan fingerprint density at radius 3 is 2.54 bits per heavy atom. The molecular weight excluding hydrogens is 443 g/mol. The standard InChI is InChI=1S/C15H25IN2O5Si/c1-15(2,3)24(4,5)23-12-9(8-19)22-13(11(12)16)18-7-6-10(20)17-14(18)21/h6-7,9,11-13,19H,8H2,1-5H3,(H,17,20,21). The number of aliphatic hydroxyl groups excluding tert-OH is 1. The molecule has 24 heavy (non-hydrogen) atoms. The second-order valence-electron chi connectivity index (χ2n) is 7.55. The number of rotatable bonds is 4. The molecule has 1 aliphatic heterocycles. The van der Waals surface area contributed by atoms with Crippen molar-refractivity contribution >= 4 is 30.9 Å². The zero-order chi connectivity index (χ0) is 18.3. The summed E-state index contributed by atoms with van der Waals surface area (Å²) in [5.41, 5.74) is -0.981. The van der Waals surface area contributed by atoms with Gasteiger partial charge in [0.25, 0.3) is 5.56 Å². The number of aliphatic hydroxyl groups is 1. The van der Waals surface area contributed by atoms with E-state index in [-0.39, 0.29) is 21.7 Å². The number of halogens is 1. The average Bonchev–Trinajstić information content (AvgIpc) is 2.74. The van der Waals surface area contributed by atoms with E-state index in [0.717, 1.165) is 0 Å². The van der Waals surface area contributed by atoms with Crippen LogP contribution in [-0.2, 0) is 9.16 Å². The number of nitrogens with one attached hydrogen (secondary N) is 1. The van der Waals surface area contributed by atoms with E-state index < -0.39 is 31.9 Å². The van der Waals surface area contributed by atoms with Gasteiger partial charge >= 0.3 is 5.69 Å². The Morgan fingerprint density at radius 2 is 2.04 bits per heavy atom. The van der Waals surface area contributed by atoms with E-state index in [9.17, 15) is 14.7 Å². The minimum absolute atomic E-state index is 0.0241. The van der Waals surface area contributed by atoms with Crippen LogP contribution in [0, 0.1) is 0 Å². The number of H-pyrrole nitrogens is 1. The van der Waals surface area contributed by atoms with Crippen molar-refractivity contribution in [3.63, 3.8) is 0 Å². The molecule has 0 radical (unpaired) electrons. The maximum atomic E-state index is 12.0. The predicted octanol–water partition coefficient (Wildman–Crippen LogP) is 1.62. The van der Waals surface area contributed by atoms with Crippen molar-refractivity contribution in [2.75, 3.05) is 6.61 Å². The van der Waals surface area contributed by atoms with E-state index in [1.165, 1.54) is 16.8 Å². The van der Waals surface area contributed by atoms with Gasteiger partial charge in [-0.15, -0.1) is 0 Å². The summed E-state index contributed by atoms with van der Waals surface area (Å²) < 4.78 is 13.5. The Morgan fingerprint density at radius 1 is 1.42 bits per heavy atom. The molecule has 7 nitrogen and oxygen atoms in total. The van der Waals surface area contributed by atoms with Gasteiger partial charge in [0.05, 0.1) is 16.6 Å². The smallest absolute Gasteiger partial charge is 0.330 e. The zero-order valence-electron chi connectivity index (χ0n) is 14.6. The van der Waals surface area contributed by atoms with Crippen LogP contribution in [0.1, 0.15) is 27.0 Å². The van der Waals surface area contributed by atoms with Gasteiger partial charge in [0.1, 0.15) is 6.10 Å². The molecule has 0 saturated carbocycles. The highest BCUT2D eigenvalue weighted by Crippen LogP contribution is 2.43. The maximum absolute atomic E-state index is 12.0. The van der Waals surface area contributed by atoms with Crippen molar-refractivity contribution in [2.24, 2.45) is 0 Å². The number of hydrogen-bond acceptors (Lipinski definition) is 5. The lowest BCUT2D eigenvalue weighted by Gasteiger charge is -2.39. The first-order valence-corrected chi connectivity index (χ1v) is 12.0. The first-order chi connectivity index (χ1) is 11.0. The number of aromatic amines is 1. The third-order valence-electron chi connectivity index (χ3n) is 4.81. The molecule has 0 spiro atoms. The van der Waals surface area contributed by atoms with Crippen molar-refractivity contribution < 1.29 is 14.3 Å². The van der Waals surface area contributed by atoms with Gasteiger partial charge in [-0.3, -0.25) is 14.3 Å². The molecule has 0 aromatic carbocycles. The predicted molar refractivity (Wildman–Crippen MR) is 102 cm³/mol. The average molecular weight is 468 g/mol. The van der Waals surface area contributed by atoms with E-state index in [2.05, 4.69) is 61.4 Å². The molecule has 1 saturated heterocycles. The summed E-state index contributed by atoms with van der Waals surface area (Å²) in [7, 11) is -2.06. The minimum Gasteiger partial charge on any atom is -0.410 e. The first kappa shape index (κ1) is 19.8. The Labute approximate surface area is 155 Å². The fourth-order valence-corrected chi connectivity index (χ4v) is 5.09. The van der Waals surface area contributed by atoms with Gasteiger partial charge in [0, 0.05) is 12.3 Å². The highest BCUT2D eigenvalue weighted by molar-refractivity contribution is 14.1. The Balaban J connectivity index is 2.31. The quantitative estimate of drug-likeness (QED) is 0.398. The monoisotopic (exact) mass is 468 g/mol. The SMILES string of the molecule is CC(C)(C)[Si](C)(C)OC1C(CO)OC(n2ccc(=O)[nH]c2=O)C1I. The minimum atomic E-state index is -2.06. The van der Waals surface area contributed by atoms with Crippen LogP contribution < -0.4 is 11.2 Å². The Bertz CT molecular complexity index is 696. The molecule has 9 heteroatoms. The molecule has 2 N–H and O–H groups in total. The van der Waals surface area contributed by atoms with Gasteiger partial charge in [-0.25, -0.2) is 4.79 Å². The normalized spacial score (nSPS) is 28.3. The van der Waals surface area contributed by atoms with Gasteiger partial charge in [-0.2, -0.15) is 0 Å². The second-order valence-corrected chi connectivity index (χ2v) is 13.7. The van der Waals surface area contributed by atoms with E-state index >= 15 is 0 Å². The van der Waals surface area contributed by atoms with Crippen LogP contribution in [0.5, 0.6) is 0 Å². The van der Waals surface area contributed by atoms with Crippen LogP contribution in [0.4, 0.5) is 0 Å². The van der Waals surface area contributed by atoms with Crippen molar-refractivity contribution in [3.8, 4) is 0 Å². The molecule has 1 aliphatic rings. The highest BCUT2D eigenvalue weighted by Gasteiger charge is 2.49.